The molecule has 2 aromatic heterocycles. The van der Waals surface area contributed by atoms with E-state index in [1.165, 1.54) is 10.1 Å². The molecular formula is C13H17N3S. The number of hydrogen-bond donors (Lipinski definition) is 1. The van der Waals surface area contributed by atoms with Crippen LogP contribution in [0.15, 0.2) is 23.7 Å². The molecule has 2 unspecified atom stereocenters. The molecule has 90 valence electrons. The Morgan fingerprint density at radius 3 is 3.18 bits per heavy atom. The number of nitrogens with zero attached hydrogens (tertiary/aromatic N) is 2. The third-order valence-electron chi connectivity index (χ3n) is 3.63. The number of nitrogens with two attached hydrogens (primary N) is 1. The number of pyridine rings is 1. The highest BCUT2D eigenvalue weighted by molar-refractivity contribution is 7.17. The van der Waals surface area contributed by atoms with E-state index in [0.717, 1.165) is 25.3 Å². The second-order valence-electron chi connectivity index (χ2n) is 4.84. The van der Waals surface area contributed by atoms with E-state index >= 15 is 0 Å². The van der Waals surface area contributed by atoms with Crippen LogP contribution in [-0.2, 0) is 0 Å². The van der Waals surface area contributed by atoms with Crippen LogP contribution in [0.1, 0.15) is 13.3 Å². The largest absolute Gasteiger partial charge is 0.356 e. The van der Waals surface area contributed by atoms with E-state index in [2.05, 4.69) is 34.3 Å². The lowest BCUT2D eigenvalue weighted by atomic mass is 9.95. The second kappa shape index (κ2) is 4.27. The molecule has 2 atom stereocenters. The molecule has 3 rings (SSSR count). The highest BCUT2D eigenvalue weighted by atomic mass is 32.1. The summed E-state index contributed by atoms with van der Waals surface area (Å²) in [4.78, 5) is 6.93. The van der Waals surface area contributed by atoms with Crippen molar-refractivity contribution in [3.8, 4) is 0 Å². The van der Waals surface area contributed by atoms with Crippen molar-refractivity contribution >= 4 is 27.2 Å². The van der Waals surface area contributed by atoms with E-state index in [1.54, 1.807) is 11.3 Å². The Hall–Kier alpha value is -1.13. The minimum Gasteiger partial charge on any atom is -0.356 e. The highest BCUT2D eigenvalue weighted by Gasteiger charge is 2.24. The smallest absolute Gasteiger partial charge is 0.137 e. The molecule has 1 aliphatic heterocycles. The van der Waals surface area contributed by atoms with Gasteiger partial charge in [-0.2, -0.15) is 0 Å². The molecule has 0 aliphatic carbocycles. The molecule has 0 aromatic carbocycles. The van der Waals surface area contributed by atoms with Gasteiger partial charge in [0.05, 0.1) is 0 Å². The molecule has 17 heavy (non-hydrogen) atoms. The summed E-state index contributed by atoms with van der Waals surface area (Å²) in [5.74, 6) is 1.67. The Morgan fingerprint density at radius 1 is 1.47 bits per heavy atom. The first-order valence-electron chi connectivity index (χ1n) is 6.08. The van der Waals surface area contributed by atoms with Gasteiger partial charge < -0.3 is 10.6 Å². The Labute approximate surface area is 105 Å². The van der Waals surface area contributed by atoms with Crippen LogP contribution in [0, 0.1) is 5.92 Å². The molecular weight excluding hydrogens is 230 g/mol. The highest BCUT2D eigenvalue weighted by Crippen LogP contribution is 2.30. The van der Waals surface area contributed by atoms with E-state index in [0.29, 0.717) is 12.0 Å². The van der Waals surface area contributed by atoms with E-state index in [1.807, 2.05) is 6.20 Å². The molecule has 0 amide bonds. The predicted octanol–water partition coefficient (Wildman–Crippen LogP) is 2.47. The Bertz CT molecular complexity index is 522. The van der Waals surface area contributed by atoms with Gasteiger partial charge in [-0.05, 0) is 29.9 Å². The van der Waals surface area contributed by atoms with Crippen molar-refractivity contribution in [2.24, 2.45) is 11.7 Å². The number of aromatic nitrogens is 1. The molecule has 1 saturated heterocycles. The van der Waals surface area contributed by atoms with Gasteiger partial charge in [0.25, 0.3) is 0 Å². The summed E-state index contributed by atoms with van der Waals surface area (Å²) in [5, 5.41) is 3.41. The van der Waals surface area contributed by atoms with Crippen LogP contribution >= 0.6 is 11.3 Å². The molecule has 2 N–H and O–H groups in total. The summed E-state index contributed by atoms with van der Waals surface area (Å²) >= 11 is 1.78. The lowest BCUT2D eigenvalue weighted by Crippen LogP contribution is -2.46. The normalized spacial score (nSPS) is 25.4. The van der Waals surface area contributed by atoms with Crippen LogP contribution in [0.25, 0.3) is 10.1 Å². The van der Waals surface area contributed by atoms with Crippen molar-refractivity contribution in [1.82, 2.24) is 4.98 Å². The van der Waals surface area contributed by atoms with Crippen LogP contribution in [0.4, 0.5) is 5.82 Å². The average molecular weight is 247 g/mol. The van der Waals surface area contributed by atoms with Gasteiger partial charge in [0.2, 0.25) is 0 Å². The van der Waals surface area contributed by atoms with Crippen molar-refractivity contribution in [3.63, 3.8) is 0 Å². The second-order valence-corrected chi connectivity index (χ2v) is 5.79. The molecule has 3 heterocycles. The third kappa shape index (κ3) is 1.91. The summed E-state index contributed by atoms with van der Waals surface area (Å²) in [6.45, 7) is 4.27. The monoisotopic (exact) mass is 247 g/mol. The summed E-state index contributed by atoms with van der Waals surface area (Å²) in [6.07, 6.45) is 2.97. The number of rotatable bonds is 1. The first-order chi connectivity index (χ1) is 8.25. The Kier molecular flexibility index (Phi) is 2.76. The number of anilines is 1. The fourth-order valence-corrected chi connectivity index (χ4v) is 3.26. The van der Waals surface area contributed by atoms with E-state index in [4.69, 9.17) is 5.73 Å². The third-order valence-corrected chi connectivity index (χ3v) is 4.51. The van der Waals surface area contributed by atoms with Gasteiger partial charge >= 0.3 is 0 Å². The van der Waals surface area contributed by atoms with Crippen LogP contribution in [0.5, 0.6) is 0 Å². The van der Waals surface area contributed by atoms with E-state index in [9.17, 15) is 0 Å². The van der Waals surface area contributed by atoms with Gasteiger partial charge in [-0.25, -0.2) is 4.98 Å². The minimum absolute atomic E-state index is 0.341. The summed E-state index contributed by atoms with van der Waals surface area (Å²) < 4.78 is 1.32. The zero-order chi connectivity index (χ0) is 11.8. The van der Waals surface area contributed by atoms with Gasteiger partial charge in [0, 0.05) is 35.4 Å². The zero-order valence-electron chi connectivity index (χ0n) is 9.97. The number of piperidine rings is 1. The van der Waals surface area contributed by atoms with E-state index < -0.39 is 0 Å². The van der Waals surface area contributed by atoms with Gasteiger partial charge in [-0.3, -0.25) is 0 Å². The van der Waals surface area contributed by atoms with Crippen molar-refractivity contribution in [1.29, 1.82) is 0 Å². The molecule has 4 heteroatoms. The standard InChI is InChI=1S/C13H17N3S/c1-9-8-16(6-3-11(9)14)13-10-4-7-17-12(10)2-5-15-13/h2,4-5,7,9,11H,3,6,8,14H2,1H3. The molecule has 0 saturated carbocycles. The molecule has 1 aliphatic rings. The summed E-state index contributed by atoms with van der Waals surface area (Å²) in [5.41, 5.74) is 6.07. The Balaban J connectivity index is 1.96. The predicted molar refractivity (Wildman–Crippen MR) is 73.6 cm³/mol. The quantitative estimate of drug-likeness (QED) is 0.841. The van der Waals surface area contributed by atoms with Gasteiger partial charge in [0.15, 0.2) is 0 Å². The van der Waals surface area contributed by atoms with Crippen LogP contribution in [0.2, 0.25) is 0 Å². The maximum atomic E-state index is 6.07. The molecule has 3 nitrogen and oxygen atoms in total. The SMILES string of the molecule is CC1CN(c2nccc3sccc23)CCC1N. The molecule has 0 radical (unpaired) electrons. The molecule has 1 fully saturated rings. The van der Waals surface area contributed by atoms with Gasteiger partial charge in [-0.1, -0.05) is 6.92 Å². The molecule has 2 aromatic rings. The van der Waals surface area contributed by atoms with Crippen LogP contribution < -0.4 is 10.6 Å². The first kappa shape index (κ1) is 11.0. The van der Waals surface area contributed by atoms with Crippen LogP contribution in [0.3, 0.4) is 0 Å². The van der Waals surface area contributed by atoms with Crippen molar-refractivity contribution in [2.45, 2.75) is 19.4 Å². The maximum Gasteiger partial charge on any atom is 0.137 e. The number of hydrogen-bond acceptors (Lipinski definition) is 4. The van der Waals surface area contributed by atoms with E-state index in [-0.39, 0.29) is 0 Å². The van der Waals surface area contributed by atoms with Crippen molar-refractivity contribution in [3.05, 3.63) is 23.7 Å². The molecule has 0 bridgehead atoms. The summed E-state index contributed by atoms with van der Waals surface area (Å²) in [7, 11) is 0. The maximum absolute atomic E-state index is 6.07. The summed E-state index contributed by atoms with van der Waals surface area (Å²) in [6, 6.07) is 4.59. The topological polar surface area (TPSA) is 42.2 Å². The number of fused-ring (bicyclic) bond motifs is 1. The van der Waals surface area contributed by atoms with Crippen LogP contribution in [-0.4, -0.2) is 24.1 Å². The fourth-order valence-electron chi connectivity index (χ4n) is 2.49. The Morgan fingerprint density at radius 2 is 2.35 bits per heavy atom. The van der Waals surface area contributed by atoms with Crippen molar-refractivity contribution in [2.75, 3.05) is 18.0 Å². The van der Waals surface area contributed by atoms with Gasteiger partial charge in [-0.15, -0.1) is 11.3 Å². The lowest BCUT2D eigenvalue weighted by molar-refractivity contribution is 0.382. The first-order valence-corrected chi connectivity index (χ1v) is 6.96. The number of thiophene rings is 1. The zero-order valence-corrected chi connectivity index (χ0v) is 10.8. The fraction of sp³-hybridized carbons (Fsp3) is 0.462. The average Bonchev–Trinajstić information content (AvgIpc) is 2.80. The van der Waals surface area contributed by atoms with Gasteiger partial charge in [0.1, 0.15) is 5.82 Å². The lowest BCUT2D eigenvalue weighted by Gasteiger charge is -2.36. The minimum atomic E-state index is 0.341. The van der Waals surface area contributed by atoms with Crippen molar-refractivity contribution < 1.29 is 0 Å². The molecule has 0 spiro atoms.